The molecule has 3 heterocycles. The van der Waals surface area contributed by atoms with Crippen LogP contribution in [0.4, 0.5) is 0 Å². The van der Waals surface area contributed by atoms with Gasteiger partial charge in [0.2, 0.25) is 5.91 Å². The van der Waals surface area contributed by atoms with Crippen LogP contribution in [-0.2, 0) is 16.1 Å². The van der Waals surface area contributed by atoms with Crippen LogP contribution in [0.1, 0.15) is 11.8 Å². The zero-order valence-electron chi connectivity index (χ0n) is 11.1. The summed E-state index contributed by atoms with van der Waals surface area (Å²) in [4.78, 5) is 18.3. The van der Waals surface area contributed by atoms with Gasteiger partial charge < -0.3 is 9.64 Å². The van der Waals surface area contributed by atoms with Crippen LogP contribution in [0.25, 0.3) is 0 Å². The van der Waals surface area contributed by atoms with Crippen LogP contribution in [-0.4, -0.2) is 45.3 Å². The molecule has 0 spiro atoms. The van der Waals surface area contributed by atoms with E-state index in [4.69, 9.17) is 4.74 Å². The number of rotatable bonds is 3. The monoisotopic (exact) mass is 272 g/mol. The first-order valence-electron chi connectivity index (χ1n) is 6.60. The minimum Gasteiger partial charge on any atom is -0.368 e. The average Bonchev–Trinajstić information content (AvgIpc) is 3.01. The topological polar surface area (TPSA) is 60.2 Å². The van der Waals surface area contributed by atoms with Crippen molar-refractivity contribution in [1.82, 2.24) is 19.7 Å². The fourth-order valence-corrected chi connectivity index (χ4v) is 2.25. The highest BCUT2D eigenvalue weighted by molar-refractivity contribution is 5.76. The van der Waals surface area contributed by atoms with E-state index in [9.17, 15) is 4.79 Å². The fourth-order valence-electron chi connectivity index (χ4n) is 2.25. The fraction of sp³-hybridized carbons (Fsp3) is 0.357. The Labute approximate surface area is 117 Å². The minimum absolute atomic E-state index is 0.0536. The Balaban J connectivity index is 1.64. The van der Waals surface area contributed by atoms with E-state index in [1.165, 1.54) is 0 Å². The van der Waals surface area contributed by atoms with E-state index in [2.05, 4.69) is 10.1 Å². The number of hydrogen-bond acceptors (Lipinski definition) is 4. The lowest BCUT2D eigenvalue weighted by molar-refractivity contribution is -0.140. The van der Waals surface area contributed by atoms with Crippen molar-refractivity contribution in [3.05, 3.63) is 48.5 Å². The Hall–Kier alpha value is -2.21. The Morgan fingerprint density at radius 3 is 3.05 bits per heavy atom. The van der Waals surface area contributed by atoms with Gasteiger partial charge in [-0.3, -0.25) is 14.5 Å². The van der Waals surface area contributed by atoms with Crippen LogP contribution in [0.15, 0.2) is 42.9 Å². The predicted octanol–water partition coefficient (Wildman–Crippen LogP) is 0.878. The third-order valence-corrected chi connectivity index (χ3v) is 3.29. The molecule has 0 saturated carbocycles. The molecular weight excluding hydrogens is 256 g/mol. The van der Waals surface area contributed by atoms with Gasteiger partial charge in [0, 0.05) is 25.1 Å². The lowest BCUT2D eigenvalue weighted by atomic mass is 10.2. The summed E-state index contributed by atoms with van der Waals surface area (Å²) in [7, 11) is 0. The molecule has 2 aromatic heterocycles. The molecule has 1 aliphatic rings. The smallest absolute Gasteiger partial charge is 0.244 e. The molecule has 3 rings (SSSR count). The van der Waals surface area contributed by atoms with E-state index in [0.717, 1.165) is 5.69 Å². The summed E-state index contributed by atoms with van der Waals surface area (Å²) < 4.78 is 7.33. The SMILES string of the molecule is O=C(Cn1cccn1)N1CCOC(c2ccccn2)C1. The first kappa shape index (κ1) is 12.8. The molecule has 1 fully saturated rings. The van der Waals surface area contributed by atoms with Gasteiger partial charge in [0.05, 0.1) is 18.8 Å². The van der Waals surface area contributed by atoms with Gasteiger partial charge in [0.15, 0.2) is 0 Å². The Kier molecular flexibility index (Phi) is 3.73. The second-order valence-corrected chi connectivity index (χ2v) is 4.66. The lowest BCUT2D eigenvalue weighted by Crippen LogP contribution is -2.43. The van der Waals surface area contributed by atoms with Gasteiger partial charge >= 0.3 is 0 Å². The molecule has 104 valence electrons. The number of carbonyl (C=O) groups is 1. The Bertz CT molecular complexity index is 556. The molecule has 1 amide bonds. The summed E-state index contributed by atoms with van der Waals surface area (Å²) in [5, 5.41) is 4.05. The lowest BCUT2D eigenvalue weighted by Gasteiger charge is -2.32. The summed E-state index contributed by atoms with van der Waals surface area (Å²) in [6.45, 7) is 1.95. The average molecular weight is 272 g/mol. The summed E-state index contributed by atoms with van der Waals surface area (Å²) in [6, 6.07) is 7.53. The van der Waals surface area contributed by atoms with Crippen molar-refractivity contribution in [2.45, 2.75) is 12.6 Å². The highest BCUT2D eigenvalue weighted by Crippen LogP contribution is 2.20. The van der Waals surface area contributed by atoms with Gasteiger partial charge in [0.25, 0.3) is 0 Å². The summed E-state index contributed by atoms with van der Waals surface area (Å²) in [6.07, 6.45) is 5.05. The quantitative estimate of drug-likeness (QED) is 0.832. The second kappa shape index (κ2) is 5.83. The van der Waals surface area contributed by atoms with E-state index >= 15 is 0 Å². The number of aromatic nitrogens is 3. The highest BCUT2D eigenvalue weighted by atomic mass is 16.5. The zero-order chi connectivity index (χ0) is 13.8. The number of morpholine rings is 1. The molecule has 20 heavy (non-hydrogen) atoms. The zero-order valence-corrected chi connectivity index (χ0v) is 11.1. The number of pyridine rings is 1. The predicted molar refractivity (Wildman–Crippen MR) is 71.7 cm³/mol. The molecule has 2 aromatic rings. The molecule has 6 nitrogen and oxygen atoms in total. The van der Waals surface area contributed by atoms with Gasteiger partial charge in [-0.25, -0.2) is 0 Å². The molecule has 1 atom stereocenters. The van der Waals surface area contributed by atoms with Crippen LogP contribution >= 0.6 is 0 Å². The van der Waals surface area contributed by atoms with Gasteiger partial charge in [-0.1, -0.05) is 6.07 Å². The van der Waals surface area contributed by atoms with Crippen molar-refractivity contribution in [2.75, 3.05) is 19.7 Å². The van der Waals surface area contributed by atoms with Crippen LogP contribution in [0.2, 0.25) is 0 Å². The molecule has 1 saturated heterocycles. The van der Waals surface area contributed by atoms with E-state index in [0.29, 0.717) is 19.7 Å². The normalized spacial score (nSPS) is 19.0. The van der Waals surface area contributed by atoms with E-state index < -0.39 is 0 Å². The molecule has 0 aromatic carbocycles. The minimum atomic E-state index is -0.147. The first-order valence-corrected chi connectivity index (χ1v) is 6.60. The van der Waals surface area contributed by atoms with Crippen molar-refractivity contribution in [3.8, 4) is 0 Å². The van der Waals surface area contributed by atoms with Crippen LogP contribution in [0.3, 0.4) is 0 Å². The van der Waals surface area contributed by atoms with Gasteiger partial charge in [0.1, 0.15) is 12.6 Å². The number of carbonyl (C=O) groups excluding carboxylic acids is 1. The molecule has 0 N–H and O–H groups in total. The van der Waals surface area contributed by atoms with Gasteiger partial charge in [-0.05, 0) is 18.2 Å². The van der Waals surface area contributed by atoms with E-state index in [1.807, 2.05) is 29.2 Å². The van der Waals surface area contributed by atoms with Crippen molar-refractivity contribution in [1.29, 1.82) is 0 Å². The first-order chi connectivity index (χ1) is 9.83. The molecular formula is C14H16N4O2. The third kappa shape index (κ3) is 2.85. The maximum Gasteiger partial charge on any atom is 0.244 e. The van der Waals surface area contributed by atoms with Crippen LogP contribution in [0, 0.1) is 0 Å². The van der Waals surface area contributed by atoms with Crippen LogP contribution < -0.4 is 0 Å². The Morgan fingerprint density at radius 1 is 1.35 bits per heavy atom. The standard InChI is InChI=1S/C14H16N4O2/c19-14(11-18-7-3-6-16-18)17-8-9-20-13(10-17)12-4-1-2-5-15-12/h1-7,13H,8-11H2. The largest absolute Gasteiger partial charge is 0.368 e. The molecule has 0 bridgehead atoms. The second-order valence-electron chi connectivity index (χ2n) is 4.66. The van der Waals surface area contributed by atoms with E-state index in [-0.39, 0.29) is 18.6 Å². The molecule has 6 heteroatoms. The molecule has 0 radical (unpaired) electrons. The van der Waals surface area contributed by atoms with Crippen molar-refractivity contribution in [3.63, 3.8) is 0 Å². The third-order valence-electron chi connectivity index (χ3n) is 3.29. The van der Waals surface area contributed by atoms with Crippen LogP contribution in [0.5, 0.6) is 0 Å². The Morgan fingerprint density at radius 2 is 2.30 bits per heavy atom. The number of nitrogens with zero attached hydrogens (tertiary/aromatic N) is 4. The number of hydrogen-bond donors (Lipinski definition) is 0. The molecule has 1 unspecified atom stereocenters. The summed E-state index contributed by atoms with van der Waals surface area (Å²) in [5.41, 5.74) is 0.865. The summed E-state index contributed by atoms with van der Waals surface area (Å²) in [5.74, 6) is 0.0536. The van der Waals surface area contributed by atoms with E-state index in [1.54, 1.807) is 23.3 Å². The summed E-state index contributed by atoms with van der Waals surface area (Å²) >= 11 is 0. The maximum atomic E-state index is 12.2. The van der Waals surface area contributed by atoms with Gasteiger partial charge in [-0.2, -0.15) is 5.10 Å². The maximum absolute atomic E-state index is 12.2. The molecule has 1 aliphatic heterocycles. The van der Waals surface area contributed by atoms with Gasteiger partial charge in [-0.15, -0.1) is 0 Å². The van der Waals surface area contributed by atoms with Crippen molar-refractivity contribution < 1.29 is 9.53 Å². The molecule has 0 aliphatic carbocycles. The number of ether oxygens (including phenoxy) is 1. The number of amides is 1. The van der Waals surface area contributed by atoms with Crippen molar-refractivity contribution >= 4 is 5.91 Å². The van der Waals surface area contributed by atoms with Crippen molar-refractivity contribution in [2.24, 2.45) is 0 Å². The highest BCUT2D eigenvalue weighted by Gasteiger charge is 2.26.